The molecule has 86 valence electrons. The Bertz CT molecular complexity index is 241. The van der Waals surface area contributed by atoms with Crippen molar-refractivity contribution >= 4 is 6.09 Å². The van der Waals surface area contributed by atoms with Crippen molar-refractivity contribution in [3.8, 4) is 0 Å². The van der Waals surface area contributed by atoms with Gasteiger partial charge in [0.05, 0.1) is 0 Å². The smallest absolute Gasteiger partial charge is 0.407 e. The highest BCUT2D eigenvalue weighted by Gasteiger charge is 2.15. The van der Waals surface area contributed by atoms with E-state index in [-0.39, 0.29) is 0 Å². The molecule has 0 heterocycles. The topological polar surface area (TPSA) is 87.1 Å². The highest BCUT2D eigenvalue weighted by molar-refractivity contribution is 5.67. The van der Waals surface area contributed by atoms with Crippen LogP contribution in [0.15, 0.2) is 5.11 Å². The van der Waals surface area contributed by atoms with E-state index in [0.29, 0.717) is 13.1 Å². The molecular formula is C9H18N4O2. The van der Waals surface area contributed by atoms with E-state index in [2.05, 4.69) is 15.3 Å². The zero-order valence-electron chi connectivity index (χ0n) is 9.49. The molecule has 0 rings (SSSR count). The molecule has 0 saturated carbocycles. The third kappa shape index (κ3) is 10.5. The van der Waals surface area contributed by atoms with Crippen molar-refractivity contribution in [3.05, 3.63) is 10.4 Å². The van der Waals surface area contributed by atoms with Gasteiger partial charge in [-0.15, -0.1) is 0 Å². The molecule has 0 saturated heterocycles. The maximum absolute atomic E-state index is 11.1. The Morgan fingerprint density at radius 1 is 1.47 bits per heavy atom. The predicted octanol–water partition coefficient (Wildman–Crippen LogP) is 2.60. The number of carbonyl (C=O) groups excluding carboxylic acids is 1. The van der Waals surface area contributed by atoms with Gasteiger partial charge in [0.2, 0.25) is 0 Å². The van der Waals surface area contributed by atoms with Crippen LogP contribution in [-0.2, 0) is 4.74 Å². The summed E-state index contributed by atoms with van der Waals surface area (Å²) in [6.07, 6.45) is 1.13. The second-order valence-electron chi connectivity index (χ2n) is 4.09. The molecule has 0 bridgehead atoms. The third-order valence-corrected chi connectivity index (χ3v) is 1.42. The standard InChI is InChI=1S/C9H18N4O2/c1-9(2,3)15-8(14)11-6-4-5-7-12-13-10/h4-7H2,1-3H3,(H,11,14). The molecule has 0 fully saturated rings. The molecule has 1 amide bonds. The van der Waals surface area contributed by atoms with Crippen LogP contribution in [0.1, 0.15) is 33.6 Å². The molecule has 6 heteroatoms. The SMILES string of the molecule is CC(C)(C)OC(=O)NCCCCN=[N+]=[N-]. The fourth-order valence-corrected chi connectivity index (χ4v) is 0.857. The zero-order chi connectivity index (χ0) is 11.7. The van der Waals surface area contributed by atoms with E-state index < -0.39 is 11.7 Å². The molecule has 0 aromatic carbocycles. The van der Waals surface area contributed by atoms with E-state index in [4.69, 9.17) is 10.3 Å². The summed E-state index contributed by atoms with van der Waals surface area (Å²) >= 11 is 0. The zero-order valence-corrected chi connectivity index (χ0v) is 9.49. The highest BCUT2D eigenvalue weighted by atomic mass is 16.6. The maximum Gasteiger partial charge on any atom is 0.407 e. The minimum absolute atomic E-state index is 0.411. The molecular weight excluding hydrogens is 196 g/mol. The van der Waals surface area contributed by atoms with Gasteiger partial charge in [-0.1, -0.05) is 5.11 Å². The van der Waals surface area contributed by atoms with Crippen LogP contribution in [-0.4, -0.2) is 24.8 Å². The number of amides is 1. The molecule has 0 radical (unpaired) electrons. The Balaban J connectivity index is 3.43. The van der Waals surface area contributed by atoms with Gasteiger partial charge in [0.25, 0.3) is 0 Å². The minimum Gasteiger partial charge on any atom is -0.444 e. The normalized spacial score (nSPS) is 10.3. The molecule has 0 spiro atoms. The first-order valence-corrected chi connectivity index (χ1v) is 4.93. The second kappa shape index (κ2) is 6.95. The summed E-state index contributed by atoms with van der Waals surface area (Å²) in [6.45, 7) is 6.44. The predicted molar refractivity (Wildman–Crippen MR) is 57.5 cm³/mol. The van der Waals surface area contributed by atoms with Crippen molar-refractivity contribution in [1.29, 1.82) is 0 Å². The van der Waals surface area contributed by atoms with Crippen molar-refractivity contribution in [3.63, 3.8) is 0 Å². The van der Waals surface area contributed by atoms with Gasteiger partial charge in [0.1, 0.15) is 5.60 Å². The van der Waals surface area contributed by atoms with Gasteiger partial charge < -0.3 is 10.1 Å². The molecule has 1 N–H and O–H groups in total. The molecule has 0 unspecified atom stereocenters. The first-order chi connectivity index (χ1) is 6.95. The summed E-state index contributed by atoms with van der Waals surface area (Å²) in [7, 11) is 0. The molecule has 0 aliphatic carbocycles. The van der Waals surface area contributed by atoms with E-state index in [1.165, 1.54) is 0 Å². The van der Waals surface area contributed by atoms with Gasteiger partial charge in [0.15, 0.2) is 0 Å². The number of alkyl carbamates (subject to hydrolysis) is 1. The van der Waals surface area contributed by atoms with Crippen LogP contribution in [0.2, 0.25) is 0 Å². The van der Waals surface area contributed by atoms with E-state index >= 15 is 0 Å². The molecule has 0 aliphatic heterocycles. The van der Waals surface area contributed by atoms with Crippen molar-refractivity contribution in [2.45, 2.75) is 39.2 Å². The lowest BCUT2D eigenvalue weighted by molar-refractivity contribution is 0.0527. The summed E-state index contributed by atoms with van der Waals surface area (Å²) in [5.41, 5.74) is 7.54. The Labute approximate surface area is 89.6 Å². The summed E-state index contributed by atoms with van der Waals surface area (Å²) in [5.74, 6) is 0. The van der Waals surface area contributed by atoms with Crippen LogP contribution in [0.3, 0.4) is 0 Å². The fraction of sp³-hybridized carbons (Fsp3) is 0.889. The average molecular weight is 214 g/mol. The number of nitrogens with zero attached hydrogens (tertiary/aromatic N) is 3. The number of hydrogen-bond donors (Lipinski definition) is 1. The van der Waals surface area contributed by atoms with Gasteiger partial charge in [0, 0.05) is 18.0 Å². The summed E-state index contributed by atoms with van der Waals surface area (Å²) in [6, 6.07) is 0. The highest BCUT2D eigenvalue weighted by Crippen LogP contribution is 2.06. The lowest BCUT2D eigenvalue weighted by Gasteiger charge is -2.19. The molecule has 0 aliphatic rings. The fourth-order valence-electron chi connectivity index (χ4n) is 0.857. The Kier molecular flexibility index (Phi) is 6.29. The van der Waals surface area contributed by atoms with Crippen molar-refractivity contribution in [2.75, 3.05) is 13.1 Å². The van der Waals surface area contributed by atoms with Gasteiger partial charge >= 0.3 is 6.09 Å². The molecule has 6 nitrogen and oxygen atoms in total. The number of rotatable bonds is 5. The van der Waals surface area contributed by atoms with E-state index in [1.807, 2.05) is 20.8 Å². The van der Waals surface area contributed by atoms with Gasteiger partial charge in [-0.05, 0) is 39.1 Å². The van der Waals surface area contributed by atoms with Crippen molar-refractivity contribution < 1.29 is 9.53 Å². The summed E-state index contributed by atoms with van der Waals surface area (Å²) < 4.78 is 5.03. The van der Waals surface area contributed by atoms with Crippen molar-refractivity contribution in [1.82, 2.24) is 5.32 Å². The van der Waals surface area contributed by atoms with E-state index in [1.54, 1.807) is 0 Å². The van der Waals surface area contributed by atoms with Crippen molar-refractivity contribution in [2.24, 2.45) is 5.11 Å². The van der Waals surface area contributed by atoms with Gasteiger partial charge in [-0.25, -0.2) is 4.79 Å². The monoisotopic (exact) mass is 214 g/mol. The second-order valence-corrected chi connectivity index (χ2v) is 4.09. The van der Waals surface area contributed by atoms with Gasteiger partial charge in [-0.3, -0.25) is 0 Å². The van der Waals surface area contributed by atoms with Crippen LogP contribution in [0.5, 0.6) is 0 Å². The molecule has 15 heavy (non-hydrogen) atoms. The Hall–Kier alpha value is -1.42. The average Bonchev–Trinajstić information content (AvgIpc) is 2.08. The Morgan fingerprint density at radius 3 is 2.67 bits per heavy atom. The van der Waals surface area contributed by atoms with Crippen LogP contribution in [0.4, 0.5) is 4.79 Å². The number of nitrogens with one attached hydrogen (secondary N) is 1. The summed E-state index contributed by atoms with van der Waals surface area (Å²) in [4.78, 5) is 13.8. The molecule has 0 aromatic heterocycles. The largest absolute Gasteiger partial charge is 0.444 e. The van der Waals surface area contributed by atoms with E-state index in [9.17, 15) is 4.79 Å². The number of azide groups is 1. The third-order valence-electron chi connectivity index (χ3n) is 1.42. The van der Waals surface area contributed by atoms with Gasteiger partial charge in [-0.2, -0.15) is 0 Å². The number of carbonyl (C=O) groups is 1. The lowest BCUT2D eigenvalue weighted by atomic mass is 10.2. The first-order valence-electron chi connectivity index (χ1n) is 4.93. The van der Waals surface area contributed by atoms with Crippen LogP contribution in [0, 0.1) is 0 Å². The first kappa shape index (κ1) is 13.6. The summed E-state index contributed by atoms with van der Waals surface area (Å²) in [5, 5.41) is 6.00. The molecule has 0 aromatic rings. The quantitative estimate of drug-likeness (QED) is 0.330. The number of hydrogen-bond acceptors (Lipinski definition) is 3. The van der Waals surface area contributed by atoms with E-state index in [0.717, 1.165) is 12.8 Å². The Morgan fingerprint density at radius 2 is 2.13 bits per heavy atom. The lowest BCUT2D eigenvalue weighted by Crippen LogP contribution is -2.33. The maximum atomic E-state index is 11.1. The number of ether oxygens (including phenoxy) is 1. The molecule has 0 atom stereocenters. The van der Waals surface area contributed by atoms with Crippen LogP contribution < -0.4 is 5.32 Å². The number of unbranched alkanes of at least 4 members (excludes halogenated alkanes) is 1. The minimum atomic E-state index is -0.463. The van der Waals surface area contributed by atoms with Crippen LogP contribution in [0.25, 0.3) is 10.4 Å². The van der Waals surface area contributed by atoms with Crippen LogP contribution >= 0.6 is 0 Å².